The van der Waals surface area contributed by atoms with Crippen LogP contribution in [-0.4, -0.2) is 52.8 Å². The SMILES string of the molecule is C[C@@H](NC(=O)CC1(NC(=O)OCC2c3ccccc3-c3ccccc32)CCSCC1)C(=O)O. The van der Waals surface area contributed by atoms with Crippen LogP contribution in [0.5, 0.6) is 0 Å². The van der Waals surface area contributed by atoms with E-state index in [1.54, 1.807) is 11.8 Å². The quantitative estimate of drug-likeness (QED) is 0.571. The van der Waals surface area contributed by atoms with Crippen LogP contribution in [0.2, 0.25) is 0 Å². The molecule has 2 aromatic rings. The van der Waals surface area contributed by atoms with E-state index in [0.29, 0.717) is 12.8 Å². The molecule has 1 fully saturated rings. The Bertz CT molecular complexity index is 1010. The van der Waals surface area contributed by atoms with Gasteiger partial charge in [0.25, 0.3) is 0 Å². The number of thioether (sulfide) groups is 1. The fourth-order valence-corrected chi connectivity index (χ4v) is 5.89. The van der Waals surface area contributed by atoms with Crippen molar-refractivity contribution in [2.75, 3.05) is 18.1 Å². The van der Waals surface area contributed by atoms with Crippen molar-refractivity contribution in [3.63, 3.8) is 0 Å². The lowest BCUT2D eigenvalue weighted by atomic mass is 9.88. The van der Waals surface area contributed by atoms with Crippen LogP contribution in [0, 0.1) is 0 Å². The number of carboxylic acid groups (broad SMARTS) is 1. The third-order valence-electron chi connectivity index (χ3n) is 6.41. The van der Waals surface area contributed by atoms with Gasteiger partial charge >= 0.3 is 12.1 Å². The van der Waals surface area contributed by atoms with E-state index in [1.165, 1.54) is 6.92 Å². The number of amides is 2. The Labute approximate surface area is 197 Å². The second-order valence-corrected chi connectivity index (χ2v) is 9.87. The Hall–Kier alpha value is -3.00. The number of ether oxygens (including phenoxy) is 1. The number of rotatable bonds is 7. The predicted octanol–water partition coefficient (Wildman–Crippen LogP) is 3.77. The first-order valence-corrected chi connectivity index (χ1v) is 12.3. The Kier molecular flexibility index (Phi) is 6.93. The highest BCUT2D eigenvalue weighted by Gasteiger charge is 2.38. The smallest absolute Gasteiger partial charge is 0.407 e. The van der Waals surface area contributed by atoms with E-state index in [0.717, 1.165) is 33.8 Å². The maximum absolute atomic E-state index is 12.8. The third-order valence-corrected chi connectivity index (χ3v) is 7.39. The lowest BCUT2D eigenvalue weighted by Gasteiger charge is -2.37. The molecule has 2 aliphatic rings. The van der Waals surface area contributed by atoms with E-state index < -0.39 is 29.6 Å². The standard InChI is InChI=1S/C25H28N2O5S/c1-16(23(29)30)26-22(28)14-25(10-12-33-13-11-25)27-24(31)32-15-21-19-8-4-2-6-17(19)18-7-3-5-9-20(18)21/h2-9,16,21H,10-15H2,1H3,(H,26,28)(H,27,31)(H,29,30)/t16-/m1/s1. The highest BCUT2D eigenvalue weighted by atomic mass is 32.2. The summed E-state index contributed by atoms with van der Waals surface area (Å²) < 4.78 is 5.69. The molecule has 0 unspecified atom stereocenters. The average Bonchev–Trinajstić information content (AvgIpc) is 3.11. The van der Waals surface area contributed by atoms with E-state index >= 15 is 0 Å². The second kappa shape index (κ2) is 9.87. The van der Waals surface area contributed by atoms with Crippen molar-refractivity contribution in [1.82, 2.24) is 10.6 Å². The van der Waals surface area contributed by atoms with E-state index in [-0.39, 0.29) is 18.9 Å². The summed E-state index contributed by atoms with van der Waals surface area (Å²) in [4.78, 5) is 36.4. The molecule has 2 amide bonds. The summed E-state index contributed by atoms with van der Waals surface area (Å²) in [5.74, 6) is 0.0918. The van der Waals surface area contributed by atoms with Crippen LogP contribution in [0.25, 0.3) is 11.1 Å². The molecule has 1 saturated heterocycles. The number of hydrogen-bond donors (Lipinski definition) is 3. The maximum atomic E-state index is 12.8. The summed E-state index contributed by atoms with van der Waals surface area (Å²) in [6.45, 7) is 1.62. The van der Waals surface area contributed by atoms with E-state index in [4.69, 9.17) is 9.84 Å². The van der Waals surface area contributed by atoms with Gasteiger partial charge in [-0.1, -0.05) is 48.5 Å². The fourth-order valence-electron chi connectivity index (χ4n) is 4.62. The molecule has 2 aromatic carbocycles. The third kappa shape index (κ3) is 5.16. The van der Waals surface area contributed by atoms with Gasteiger partial charge in [-0.05, 0) is 53.5 Å². The van der Waals surface area contributed by atoms with Crippen molar-refractivity contribution in [3.8, 4) is 11.1 Å². The molecule has 0 bridgehead atoms. The summed E-state index contributed by atoms with van der Waals surface area (Å²) in [5.41, 5.74) is 3.85. The van der Waals surface area contributed by atoms with Crippen LogP contribution in [0.1, 0.15) is 43.2 Å². The van der Waals surface area contributed by atoms with Gasteiger partial charge in [-0.25, -0.2) is 4.79 Å². The van der Waals surface area contributed by atoms with Crippen molar-refractivity contribution in [2.24, 2.45) is 0 Å². The topological polar surface area (TPSA) is 105 Å². The first kappa shape index (κ1) is 23.2. The molecule has 0 saturated carbocycles. The molecule has 1 aliphatic heterocycles. The molecule has 0 spiro atoms. The van der Waals surface area contributed by atoms with Gasteiger partial charge in [-0.3, -0.25) is 9.59 Å². The zero-order valence-corrected chi connectivity index (χ0v) is 19.3. The number of benzene rings is 2. The summed E-state index contributed by atoms with van der Waals surface area (Å²) in [6, 6.07) is 15.3. The molecule has 3 N–H and O–H groups in total. The number of aliphatic carboxylic acids is 1. The van der Waals surface area contributed by atoms with Crippen LogP contribution in [0.15, 0.2) is 48.5 Å². The van der Waals surface area contributed by atoms with Crippen LogP contribution >= 0.6 is 11.8 Å². The number of fused-ring (bicyclic) bond motifs is 3. The summed E-state index contributed by atoms with van der Waals surface area (Å²) >= 11 is 1.77. The monoisotopic (exact) mass is 468 g/mol. The minimum absolute atomic E-state index is 0.0232. The van der Waals surface area contributed by atoms with Crippen molar-refractivity contribution in [1.29, 1.82) is 0 Å². The van der Waals surface area contributed by atoms with Gasteiger partial charge in [-0.15, -0.1) is 0 Å². The predicted molar refractivity (Wildman–Crippen MR) is 127 cm³/mol. The first-order valence-electron chi connectivity index (χ1n) is 11.1. The lowest BCUT2D eigenvalue weighted by Crippen LogP contribution is -2.54. The number of nitrogens with one attached hydrogen (secondary N) is 2. The van der Waals surface area contributed by atoms with Gasteiger partial charge in [0.1, 0.15) is 12.6 Å². The number of alkyl carbamates (subject to hydrolysis) is 1. The lowest BCUT2D eigenvalue weighted by molar-refractivity contribution is -0.141. The minimum atomic E-state index is -1.10. The summed E-state index contributed by atoms with van der Waals surface area (Å²) in [6.07, 6.45) is 0.714. The molecule has 33 heavy (non-hydrogen) atoms. The summed E-state index contributed by atoms with van der Waals surface area (Å²) in [5, 5.41) is 14.5. The van der Waals surface area contributed by atoms with Crippen molar-refractivity contribution in [3.05, 3.63) is 59.7 Å². The molecule has 4 rings (SSSR count). The molecule has 1 atom stereocenters. The van der Waals surface area contributed by atoms with Gasteiger partial charge in [0, 0.05) is 12.3 Å². The molecule has 174 valence electrons. The maximum Gasteiger partial charge on any atom is 0.407 e. The van der Waals surface area contributed by atoms with Gasteiger partial charge in [-0.2, -0.15) is 11.8 Å². The molecule has 8 heteroatoms. The number of hydrogen-bond acceptors (Lipinski definition) is 5. The Balaban J connectivity index is 1.42. The Morgan fingerprint density at radius 1 is 1.06 bits per heavy atom. The van der Waals surface area contributed by atoms with Crippen LogP contribution in [0.4, 0.5) is 4.79 Å². The van der Waals surface area contributed by atoms with E-state index in [1.807, 2.05) is 24.3 Å². The molecular weight excluding hydrogens is 440 g/mol. The van der Waals surface area contributed by atoms with Crippen LogP contribution < -0.4 is 10.6 Å². The normalized spacial score (nSPS) is 17.4. The second-order valence-electron chi connectivity index (χ2n) is 8.65. The van der Waals surface area contributed by atoms with Crippen molar-refractivity contribution < 1.29 is 24.2 Å². The van der Waals surface area contributed by atoms with Crippen molar-refractivity contribution in [2.45, 2.75) is 43.7 Å². The largest absolute Gasteiger partial charge is 0.480 e. The molecule has 1 aliphatic carbocycles. The van der Waals surface area contributed by atoms with Gasteiger partial charge < -0.3 is 20.5 Å². The highest BCUT2D eigenvalue weighted by Crippen LogP contribution is 2.44. The molecule has 0 radical (unpaired) electrons. The van der Waals surface area contributed by atoms with Crippen LogP contribution in [0.3, 0.4) is 0 Å². The van der Waals surface area contributed by atoms with E-state index in [9.17, 15) is 14.4 Å². The van der Waals surface area contributed by atoms with Gasteiger partial charge in [0.15, 0.2) is 0 Å². The van der Waals surface area contributed by atoms with Crippen molar-refractivity contribution >= 4 is 29.7 Å². The Morgan fingerprint density at radius 3 is 2.21 bits per heavy atom. The highest BCUT2D eigenvalue weighted by molar-refractivity contribution is 7.99. The molecule has 0 aromatic heterocycles. The van der Waals surface area contributed by atoms with Crippen LogP contribution in [-0.2, 0) is 14.3 Å². The number of carbonyl (C=O) groups is 3. The van der Waals surface area contributed by atoms with E-state index in [2.05, 4.69) is 34.9 Å². The number of carbonyl (C=O) groups excluding carboxylic acids is 2. The number of carboxylic acids is 1. The average molecular weight is 469 g/mol. The van der Waals surface area contributed by atoms with Gasteiger partial charge in [0.2, 0.25) is 5.91 Å². The zero-order chi connectivity index (χ0) is 23.4. The molecular formula is C25H28N2O5S. The Morgan fingerprint density at radius 2 is 1.64 bits per heavy atom. The molecule has 1 heterocycles. The minimum Gasteiger partial charge on any atom is -0.480 e. The molecule has 7 nitrogen and oxygen atoms in total. The van der Waals surface area contributed by atoms with Gasteiger partial charge in [0.05, 0.1) is 5.54 Å². The fraction of sp³-hybridized carbons (Fsp3) is 0.400. The first-order chi connectivity index (χ1) is 15.9. The summed E-state index contributed by atoms with van der Waals surface area (Å²) in [7, 11) is 0. The zero-order valence-electron chi connectivity index (χ0n) is 18.5.